The van der Waals surface area contributed by atoms with Gasteiger partial charge < -0.3 is 0 Å². The molecule has 0 radical (unpaired) electrons. The predicted octanol–water partition coefficient (Wildman–Crippen LogP) is 3.23. The summed E-state index contributed by atoms with van der Waals surface area (Å²) in [4.78, 5) is 2.49. The Morgan fingerprint density at radius 3 is 2.44 bits per heavy atom. The molecule has 0 amide bonds. The van der Waals surface area contributed by atoms with Crippen LogP contribution in [0.5, 0.6) is 0 Å². The van der Waals surface area contributed by atoms with E-state index in [9.17, 15) is 8.42 Å². The first kappa shape index (κ1) is 18.6. The molecule has 1 saturated heterocycles. The highest BCUT2D eigenvalue weighted by Crippen LogP contribution is 2.21. The maximum Gasteiger partial charge on any atom is 0.243 e. The van der Waals surface area contributed by atoms with E-state index in [1.54, 1.807) is 35.6 Å². The van der Waals surface area contributed by atoms with Crippen molar-refractivity contribution in [2.45, 2.75) is 11.6 Å². The van der Waals surface area contributed by atoms with Gasteiger partial charge in [0.2, 0.25) is 10.0 Å². The molecule has 0 aliphatic carbocycles. The van der Waals surface area contributed by atoms with Crippen LogP contribution in [0.1, 0.15) is 0 Å². The molecule has 2 aromatic heterocycles. The normalized spacial score (nSPS) is 16.6. The van der Waals surface area contributed by atoms with Crippen LogP contribution in [0.25, 0.3) is 11.3 Å². The minimum atomic E-state index is -3.47. The summed E-state index contributed by atoms with van der Waals surface area (Å²) in [5.74, 6) is 0. The molecule has 1 aliphatic heterocycles. The molecule has 6 nitrogen and oxygen atoms in total. The van der Waals surface area contributed by atoms with Crippen LogP contribution in [0, 0.1) is 0 Å². The molecule has 0 bridgehead atoms. The number of piperazine rings is 1. The van der Waals surface area contributed by atoms with Crippen LogP contribution in [0.4, 0.5) is 0 Å². The van der Waals surface area contributed by atoms with E-state index in [2.05, 4.69) is 21.4 Å². The third kappa shape index (κ3) is 4.09. The second kappa shape index (κ2) is 7.73. The van der Waals surface area contributed by atoms with Gasteiger partial charge in [-0.3, -0.25) is 9.58 Å². The molecule has 9 heteroatoms. The number of benzene rings is 1. The third-order valence-electron chi connectivity index (χ3n) is 4.59. The Morgan fingerprint density at radius 2 is 1.78 bits per heavy atom. The molecule has 4 rings (SSSR count). The quantitative estimate of drug-likeness (QED) is 0.633. The molecular weight excluding hydrogens is 404 g/mol. The molecule has 3 heterocycles. The first-order valence-corrected chi connectivity index (χ1v) is 11.3. The van der Waals surface area contributed by atoms with E-state index >= 15 is 0 Å². The van der Waals surface area contributed by atoms with Crippen LogP contribution in [0.3, 0.4) is 0 Å². The lowest BCUT2D eigenvalue weighted by molar-refractivity contribution is 0.146. The summed E-state index contributed by atoms with van der Waals surface area (Å²) < 4.78 is 28.9. The highest BCUT2D eigenvalue weighted by atomic mass is 35.5. The van der Waals surface area contributed by atoms with Gasteiger partial charge in [0.25, 0.3) is 0 Å². The van der Waals surface area contributed by atoms with E-state index in [0.717, 1.165) is 11.3 Å². The van der Waals surface area contributed by atoms with E-state index in [-0.39, 0.29) is 4.90 Å². The standard InChI is InChI=1S/C18H19ClN4O2S2/c19-16-1-3-17(4-2-16)27(24,25)23-10-8-21(9-11-23)14-22-7-5-18(20-22)15-6-12-26-13-15/h1-7,12-13H,8-11,14H2. The van der Waals surface area contributed by atoms with Gasteiger partial charge in [-0.05, 0) is 41.8 Å². The van der Waals surface area contributed by atoms with Gasteiger partial charge in [-0.1, -0.05) is 11.6 Å². The fraction of sp³-hybridized carbons (Fsp3) is 0.278. The van der Waals surface area contributed by atoms with Crippen molar-refractivity contribution in [3.63, 3.8) is 0 Å². The second-order valence-corrected chi connectivity index (χ2v) is 9.52. The molecule has 0 N–H and O–H groups in total. The first-order chi connectivity index (χ1) is 13.0. The average Bonchev–Trinajstić information content (AvgIpc) is 3.34. The van der Waals surface area contributed by atoms with Crippen molar-refractivity contribution in [2.24, 2.45) is 0 Å². The number of nitrogens with zero attached hydrogens (tertiary/aromatic N) is 4. The van der Waals surface area contributed by atoms with Gasteiger partial charge in [-0.25, -0.2) is 8.42 Å². The number of sulfonamides is 1. The van der Waals surface area contributed by atoms with Gasteiger partial charge in [-0.15, -0.1) is 0 Å². The highest BCUT2D eigenvalue weighted by Gasteiger charge is 2.28. The van der Waals surface area contributed by atoms with E-state index in [1.807, 2.05) is 22.3 Å². The van der Waals surface area contributed by atoms with Crippen LogP contribution < -0.4 is 0 Å². The molecule has 142 valence electrons. The van der Waals surface area contributed by atoms with E-state index in [4.69, 9.17) is 11.6 Å². The summed E-state index contributed by atoms with van der Waals surface area (Å²) in [6.45, 7) is 2.91. The lowest BCUT2D eigenvalue weighted by atomic mass is 10.2. The smallest absolute Gasteiger partial charge is 0.243 e. The number of thiophene rings is 1. The topological polar surface area (TPSA) is 58.4 Å². The van der Waals surface area contributed by atoms with Crippen LogP contribution in [-0.2, 0) is 16.7 Å². The summed E-state index contributed by atoms with van der Waals surface area (Å²) in [5, 5.41) is 9.25. The first-order valence-electron chi connectivity index (χ1n) is 8.56. The average molecular weight is 423 g/mol. The van der Waals surface area contributed by atoms with Crippen LogP contribution in [-0.4, -0.2) is 53.6 Å². The van der Waals surface area contributed by atoms with Gasteiger partial charge in [0, 0.05) is 48.3 Å². The minimum absolute atomic E-state index is 0.285. The van der Waals surface area contributed by atoms with Crippen LogP contribution in [0.2, 0.25) is 5.02 Å². The number of hydrogen-bond donors (Lipinski definition) is 0. The molecular formula is C18H19ClN4O2S2. The summed E-state index contributed by atoms with van der Waals surface area (Å²) >= 11 is 7.51. The molecule has 0 unspecified atom stereocenters. The van der Waals surface area contributed by atoms with Crippen LogP contribution in [0.15, 0.2) is 58.3 Å². The third-order valence-corrected chi connectivity index (χ3v) is 7.43. The van der Waals surface area contributed by atoms with Gasteiger partial charge in [0.05, 0.1) is 17.3 Å². The van der Waals surface area contributed by atoms with Gasteiger partial charge in [0.1, 0.15) is 0 Å². The Morgan fingerprint density at radius 1 is 1.04 bits per heavy atom. The summed E-state index contributed by atoms with van der Waals surface area (Å²) in [5.41, 5.74) is 2.08. The van der Waals surface area contributed by atoms with Crippen molar-refractivity contribution in [1.29, 1.82) is 0 Å². The zero-order valence-corrected chi connectivity index (χ0v) is 16.9. The predicted molar refractivity (Wildman–Crippen MR) is 107 cm³/mol. The lowest BCUT2D eigenvalue weighted by Gasteiger charge is -2.33. The van der Waals surface area contributed by atoms with E-state index < -0.39 is 10.0 Å². The molecule has 3 aromatic rings. The second-order valence-electron chi connectivity index (χ2n) is 6.37. The SMILES string of the molecule is O=S(=O)(c1ccc(Cl)cc1)N1CCN(Cn2ccc(-c3ccsc3)n2)CC1. The number of rotatable bonds is 5. The summed E-state index contributed by atoms with van der Waals surface area (Å²) in [6, 6.07) is 10.4. The zero-order chi connectivity index (χ0) is 18.9. The van der Waals surface area contributed by atoms with Crippen molar-refractivity contribution < 1.29 is 8.42 Å². The molecule has 1 aromatic carbocycles. The Kier molecular flexibility index (Phi) is 5.34. The van der Waals surface area contributed by atoms with E-state index in [1.165, 1.54) is 4.31 Å². The minimum Gasteiger partial charge on any atom is -0.282 e. The summed E-state index contributed by atoms with van der Waals surface area (Å²) in [7, 11) is -3.47. The molecule has 0 spiro atoms. The zero-order valence-electron chi connectivity index (χ0n) is 14.5. The van der Waals surface area contributed by atoms with Crippen molar-refractivity contribution in [3.8, 4) is 11.3 Å². The van der Waals surface area contributed by atoms with E-state index in [0.29, 0.717) is 37.9 Å². The maximum atomic E-state index is 12.7. The Bertz CT molecular complexity index is 992. The van der Waals surface area contributed by atoms with Gasteiger partial charge in [-0.2, -0.15) is 20.7 Å². The largest absolute Gasteiger partial charge is 0.282 e. The fourth-order valence-electron chi connectivity index (χ4n) is 3.08. The monoisotopic (exact) mass is 422 g/mol. The Hall–Kier alpha value is -1.71. The van der Waals surface area contributed by atoms with Crippen LogP contribution >= 0.6 is 22.9 Å². The molecule has 0 atom stereocenters. The molecule has 1 fully saturated rings. The molecule has 1 aliphatic rings. The fourth-order valence-corrected chi connectivity index (χ4v) is 5.27. The van der Waals surface area contributed by atoms with Crippen molar-refractivity contribution >= 4 is 33.0 Å². The summed E-state index contributed by atoms with van der Waals surface area (Å²) in [6.07, 6.45) is 1.96. The number of halogens is 1. The highest BCUT2D eigenvalue weighted by molar-refractivity contribution is 7.89. The number of aromatic nitrogens is 2. The molecule has 27 heavy (non-hydrogen) atoms. The van der Waals surface area contributed by atoms with Gasteiger partial charge >= 0.3 is 0 Å². The maximum absolute atomic E-state index is 12.7. The van der Waals surface area contributed by atoms with Crippen molar-refractivity contribution in [2.75, 3.05) is 26.2 Å². The van der Waals surface area contributed by atoms with Gasteiger partial charge in [0.15, 0.2) is 0 Å². The van der Waals surface area contributed by atoms with Crippen molar-refractivity contribution in [1.82, 2.24) is 19.0 Å². The molecule has 0 saturated carbocycles. The van der Waals surface area contributed by atoms with Crippen molar-refractivity contribution in [3.05, 3.63) is 58.4 Å². The number of hydrogen-bond acceptors (Lipinski definition) is 5. The Balaban J connectivity index is 1.37. The Labute approximate surface area is 167 Å². The lowest BCUT2D eigenvalue weighted by Crippen LogP contribution is -2.48.